The first-order valence-corrected chi connectivity index (χ1v) is 11.6. The fraction of sp³-hybridized carbons (Fsp3) is 1.00. The van der Waals surface area contributed by atoms with E-state index >= 15 is 0 Å². The summed E-state index contributed by atoms with van der Waals surface area (Å²) in [6, 6.07) is 0. The molecule has 0 aromatic heterocycles. The van der Waals surface area contributed by atoms with Gasteiger partial charge in [-0.2, -0.15) is 0 Å². The topological polar surface area (TPSA) is 61.0 Å². The van der Waals surface area contributed by atoms with E-state index in [2.05, 4.69) is 13.8 Å². The Morgan fingerprint density at radius 1 is 1.00 bits per heavy atom. The Balaban J connectivity index is 0.000000331. The fourth-order valence-corrected chi connectivity index (χ4v) is 5.54. The first-order valence-electron chi connectivity index (χ1n) is 5.93. The Bertz CT molecular complexity index is 237. The van der Waals surface area contributed by atoms with Crippen LogP contribution in [0.4, 0.5) is 0 Å². The molecule has 4 rings (SSSR count). The summed E-state index contributed by atoms with van der Waals surface area (Å²) in [6.07, 6.45) is 8.27. The van der Waals surface area contributed by atoms with E-state index in [1.54, 1.807) is 0 Å². The number of rotatable bonds is 0. The summed E-state index contributed by atoms with van der Waals surface area (Å²) in [5, 5.41) is 0. The summed E-state index contributed by atoms with van der Waals surface area (Å²) in [5.74, 6) is 0.955. The Morgan fingerprint density at radius 3 is 1.71 bits per heavy atom. The van der Waals surface area contributed by atoms with Crippen LogP contribution in [0.1, 0.15) is 52.4 Å². The number of halogens is 2. The second-order valence-electron chi connectivity index (χ2n) is 7.04. The SMILES string of the molecule is CC12CC3CC(N)(C1)C[C@](C)(C3)C2.N.[Cl][Pt][Cl]. The van der Waals surface area contributed by atoms with E-state index in [1.807, 2.05) is 0 Å². The molecule has 4 saturated carbocycles. The molecule has 3 unspecified atom stereocenters. The predicted octanol–water partition coefficient (Wildman–Crippen LogP) is 4.23. The van der Waals surface area contributed by atoms with Crippen LogP contribution in [0.3, 0.4) is 0 Å². The molecule has 0 amide bonds. The van der Waals surface area contributed by atoms with Gasteiger partial charge in [0.05, 0.1) is 0 Å². The molecule has 0 aliphatic heterocycles. The van der Waals surface area contributed by atoms with Crippen LogP contribution in [0.15, 0.2) is 0 Å². The molecule has 0 saturated heterocycles. The molecule has 106 valence electrons. The van der Waals surface area contributed by atoms with Crippen LogP contribution in [-0.2, 0) is 16.5 Å². The number of hydrogen-bond acceptors (Lipinski definition) is 2. The molecule has 5 heteroatoms. The van der Waals surface area contributed by atoms with Crippen LogP contribution in [0, 0.1) is 16.7 Å². The monoisotopic (exact) mass is 461 g/mol. The van der Waals surface area contributed by atoms with Crippen molar-refractivity contribution in [1.82, 2.24) is 6.15 Å². The summed E-state index contributed by atoms with van der Waals surface area (Å²) in [5.41, 5.74) is 7.92. The van der Waals surface area contributed by atoms with Crippen molar-refractivity contribution in [3.05, 3.63) is 0 Å². The summed E-state index contributed by atoms with van der Waals surface area (Å²) >= 11 is -0.472. The van der Waals surface area contributed by atoms with Crippen LogP contribution < -0.4 is 11.9 Å². The molecule has 0 radical (unpaired) electrons. The summed E-state index contributed by atoms with van der Waals surface area (Å²) in [6.45, 7) is 4.94. The van der Waals surface area contributed by atoms with Gasteiger partial charge in [0.25, 0.3) is 0 Å². The Kier molecular flexibility index (Phi) is 5.05. The van der Waals surface area contributed by atoms with Gasteiger partial charge in [-0.3, -0.25) is 0 Å². The maximum atomic E-state index is 6.49. The van der Waals surface area contributed by atoms with Gasteiger partial charge in [-0.1, -0.05) is 13.8 Å². The van der Waals surface area contributed by atoms with Gasteiger partial charge < -0.3 is 11.9 Å². The molecule has 0 aromatic carbocycles. The fourth-order valence-electron chi connectivity index (χ4n) is 5.54. The minimum atomic E-state index is -0.472. The molecule has 4 aliphatic rings. The van der Waals surface area contributed by atoms with Gasteiger partial charge >= 0.3 is 35.3 Å². The van der Waals surface area contributed by atoms with Gasteiger partial charge in [-0.15, -0.1) is 0 Å². The average Bonchev–Trinajstić information content (AvgIpc) is 1.93. The zero-order valence-corrected chi connectivity index (χ0v) is 14.5. The molecule has 17 heavy (non-hydrogen) atoms. The first-order chi connectivity index (χ1) is 7.32. The van der Waals surface area contributed by atoms with Crippen LogP contribution in [0.2, 0.25) is 0 Å². The number of nitrogens with two attached hydrogens (primary N) is 1. The van der Waals surface area contributed by atoms with Crippen molar-refractivity contribution in [2.75, 3.05) is 0 Å². The van der Waals surface area contributed by atoms with Crippen molar-refractivity contribution in [2.45, 2.75) is 57.9 Å². The van der Waals surface area contributed by atoms with Crippen molar-refractivity contribution in [3.8, 4) is 0 Å². The van der Waals surface area contributed by atoms with Crippen molar-refractivity contribution in [1.29, 1.82) is 0 Å². The van der Waals surface area contributed by atoms with E-state index in [9.17, 15) is 0 Å². The molecular weight excluding hydrogens is 438 g/mol. The maximum absolute atomic E-state index is 6.49. The van der Waals surface area contributed by atoms with Gasteiger partial charge in [-0.25, -0.2) is 0 Å². The van der Waals surface area contributed by atoms with Crippen LogP contribution >= 0.6 is 18.8 Å². The van der Waals surface area contributed by atoms with E-state index in [0.29, 0.717) is 10.8 Å². The molecular formula is C12H24Cl2N2Pt. The average molecular weight is 462 g/mol. The Morgan fingerprint density at radius 2 is 1.41 bits per heavy atom. The van der Waals surface area contributed by atoms with Crippen molar-refractivity contribution in [3.63, 3.8) is 0 Å². The second kappa shape index (κ2) is 5.29. The molecule has 4 atom stereocenters. The first kappa shape index (κ1) is 16.2. The third-order valence-electron chi connectivity index (χ3n) is 4.67. The molecule has 4 aliphatic carbocycles. The van der Waals surface area contributed by atoms with Crippen molar-refractivity contribution < 1.29 is 16.5 Å². The van der Waals surface area contributed by atoms with Gasteiger partial charge in [0.15, 0.2) is 0 Å². The normalized spacial score (nSPS) is 50.5. The van der Waals surface area contributed by atoms with E-state index in [-0.39, 0.29) is 11.7 Å². The minimum absolute atomic E-state index is 0. The molecule has 5 N–H and O–H groups in total. The van der Waals surface area contributed by atoms with Gasteiger partial charge in [0, 0.05) is 5.54 Å². The molecule has 0 spiro atoms. The zero-order valence-electron chi connectivity index (χ0n) is 10.7. The molecule has 2 nitrogen and oxygen atoms in total. The van der Waals surface area contributed by atoms with Crippen LogP contribution in [0.25, 0.3) is 0 Å². The third kappa shape index (κ3) is 3.39. The standard InChI is InChI=1S/C12H21N.2ClH.H3N.Pt/c1-10-3-9-4-11(2,6-10)8-12(13,5-9)7-10;;;;/h9H,3-8,13H2,1-2H3;2*1H;1H3;/q;;;;+2/p-2/t9?,10-,11?,12?;;;;/m1..../s1. The van der Waals surface area contributed by atoms with Crippen LogP contribution in [0.5, 0.6) is 0 Å². The summed E-state index contributed by atoms with van der Waals surface area (Å²) < 4.78 is 0. The summed E-state index contributed by atoms with van der Waals surface area (Å²) in [7, 11) is 9.75. The third-order valence-corrected chi connectivity index (χ3v) is 4.67. The quantitative estimate of drug-likeness (QED) is 0.566. The van der Waals surface area contributed by atoms with Crippen molar-refractivity contribution >= 4 is 18.8 Å². The molecule has 4 bridgehead atoms. The molecule has 4 fully saturated rings. The molecule has 0 aromatic rings. The zero-order chi connectivity index (χ0) is 12.0. The summed E-state index contributed by atoms with van der Waals surface area (Å²) in [4.78, 5) is 0. The Hall–Kier alpha value is 1.19. The van der Waals surface area contributed by atoms with Crippen LogP contribution in [-0.4, -0.2) is 5.54 Å². The van der Waals surface area contributed by atoms with E-state index in [1.165, 1.54) is 38.5 Å². The predicted molar refractivity (Wildman–Crippen MR) is 71.1 cm³/mol. The number of hydrogen-bond donors (Lipinski definition) is 2. The van der Waals surface area contributed by atoms with Gasteiger partial charge in [0.1, 0.15) is 0 Å². The van der Waals surface area contributed by atoms with E-state index < -0.39 is 16.5 Å². The van der Waals surface area contributed by atoms with Gasteiger partial charge in [-0.05, 0) is 55.3 Å². The van der Waals surface area contributed by atoms with Crippen molar-refractivity contribution in [2.24, 2.45) is 22.5 Å². The Labute approximate surface area is 121 Å². The molecule has 0 heterocycles. The van der Waals surface area contributed by atoms with Gasteiger partial charge in [0.2, 0.25) is 0 Å². The van der Waals surface area contributed by atoms with E-state index in [0.717, 1.165) is 5.92 Å². The van der Waals surface area contributed by atoms with E-state index in [4.69, 9.17) is 24.6 Å². The second-order valence-corrected chi connectivity index (χ2v) is 10.3.